The molecule has 1 heterocycles. The zero-order valence-electron chi connectivity index (χ0n) is 42.7. The van der Waals surface area contributed by atoms with Crippen LogP contribution in [0.25, 0.3) is 0 Å². The average Bonchev–Trinajstić information content (AvgIpc) is 3.51. The van der Waals surface area contributed by atoms with Crippen molar-refractivity contribution in [3.8, 4) is 0 Å². The molecule has 2 amide bonds. The van der Waals surface area contributed by atoms with Crippen molar-refractivity contribution in [1.29, 1.82) is 0 Å². The number of imide groups is 1. The second-order valence-corrected chi connectivity index (χ2v) is 18.3. The number of rotatable bonds is 40. The number of nitrogens with zero attached hydrogens (tertiary/aromatic N) is 2. The summed E-state index contributed by atoms with van der Waals surface area (Å²) in [7, 11) is 3.20. The van der Waals surface area contributed by atoms with Crippen LogP contribution >= 0.6 is 0 Å². The zero-order chi connectivity index (χ0) is 46.6. The van der Waals surface area contributed by atoms with E-state index in [2.05, 4.69) is 46.1 Å². The molecule has 7 heteroatoms. The molecule has 0 saturated heterocycles. The lowest BCUT2D eigenvalue weighted by Gasteiger charge is -2.20. The van der Waals surface area contributed by atoms with Crippen LogP contribution in [0, 0.1) is 0 Å². The van der Waals surface area contributed by atoms with Crippen molar-refractivity contribution in [2.75, 3.05) is 33.8 Å². The van der Waals surface area contributed by atoms with E-state index >= 15 is 0 Å². The molecule has 0 spiro atoms. The van der Waals surface area contributed by atoms with E-state index in [4.69, 9.17) is 9.47 Å². The molecular weight excluding hydrogens is 781 g/mol. The third kappa shape index (κ3) is 34.4. The highest BCUT2D eigenvalue weighted by atomic mass is 16.5. The molecule has 0 unspecified atom stereocenters. The average molecular weight is 883 g/mol. The third-order valence-electron chi connectivity index (χ3n) is 12.5. The van der Waals surface area contributed by atoms with E-state index in [0.29, 0.717) is 17.5 Å². The largest absolute Gasteiger partial charge is 0.502 e. The Bertz CT molecular complexity index is 1180. The SMILES string of the molecule is C=C(CCCCCCCN(CC)CCCCCCCCC(=O)OC(CCCCCCCC)CCCCCCCC)OC.CCCCCCCCC.CN1C(=O)c2ccccc2C1=O. The summed E-state index contributed by atoms with van der Waals surface area (Å²) < 4.78 is 11.2. The summed E-state index contributed by atoms with van der Waals surface area (Å²) >= 11 is 0. The molecule has 0 aromatic heterocycles. The predicted octanol–water partition coefficient (Wildman–Crippen LogP) is 16.6. The van der Waals surface area contributed by atoms with Crippen molar-refractivity contribution < 1.29 is 23.9 Å². The highest BCUT2D eigenvalue weighted by Gasteiger charge is 2.31. The van der Waals surface area contributed by atoms with Crippen molar-refractivity contribution in [2.45, 2.75) is 259 Å². The number of esters is 1. The maximum absolute atomic E-state index is 12.6. The topological polar surface area (TPSA) is 76.2 Å². The Labute approximate surface area is 390 Å². The Kier molecular flexibility index (Phi) is 42.6. The minimum absolute atomic E-state index is 0.0518. The Morgan fingerprint density at radius 2 is 0.889 bits per heavy atom. The number of allylic oxidation sites excluding steroid dienone is 1. The van der Waals surface area contributed by atoms with Crippen LogP contribution in [0.5, 0.6) is 0 Å². The number of hydrogen-bond acceptors (Lipinski definition) is 6. The molecule has 0 fully saturated rings. The summed E-state index contributed by atoms with van der Waals surface area (Å²) in [5.41, 5.74) is 1.01. The summed E-state index contributed by atoms with van der Waals surface area (Å²) in [4.78, 5) is 39.0. The molecule has 0 bridgehead atoms. The Hall–Kier alpha value is -2.67. The summed E-state index contributed by atoms with van der Waals surface area (Å²) in [5.74, 6) is 0.540. The lowest BCUT2D eigenvalue weighted by molar-refractivity contribution is -0.150. The van der Waals surface area contributed by atoms with Gasteiger partial charge in [0.05, 0.1) is 24.0 Å². The van der Waals surface area contributed by atoms with Gasteiger partial charge in [-0.1, -0.05) is 207 Å². The van der Waals surface area contributed by atoms with Crippen LogP contribution in [0.3, 0.4) is 0 Å². The first kappa shape index (κ1) is 60.3. The van der Waals surface area contributed by atoms with E-state index in [1.807, 2.05) is 0 Å². The Morgan fingerprint density at radius 3 is 1.27 bits per heavy atom. The van der Waals surface area contributed by atoms with Crippen LogP contribution in [-0.2, 0) is 14.3 Å². The summed E-state index contributed by atoms with van der Waals surface area (Å²) in [6, 6.07) is 6.84. The molecule has 1 aliphatic heterocycles. The molecule has 0 N–H and O–H groups in total. The van der Waals surface area contributed by atoms with Gasteiger partial charge in [0.15, 0.2) is 0 Å². The third-order valence-corrected chi connectivity index (χ3v) is 12.5. The standard InChI is InChI=1S/C38H75NO3.C9H7NO2.C9H20/c1-6-9-11-13-19-25-31-37(32-26-20-14-12-10-7-2)42-38(40)33-27-21-15-16-22-28-34-39(8-3)35-29-23-17-18-24-30-36(4)41-5;1-10-8(11)6-4-2-3-5-7(6)9(10)12;1-3-5-7-9-8-6-4-2/h37H,4,6-35H2,1-3,5H3;2-5H,1H3;3-9H2,1-2H3. The molecule has 1 aromatic rings. The first-order chi connectivity index (χ1) is 30.7. The highest BCUT2D eigenvalue weighted by Crippen LogP contribution is 2.21. The van der Waals surface area contributed by atoms with Gasteiger partial charge in [-0.15, -0.1) is 0 Å². The van der Waals surface area contributed by atoms with Crippen LogP contribution in [0.2, 0.25) is 0 Å². The van der Waals surface area contributed by atoms with Gasteiger partial charge in [-0.3, -0.25) is 19.3 Å². The van der Waals surface area contributed by atoms with Crippen molar-refractivity contribution in [3.05, 3.63) is 47.7 Å². The number of unbranched alkanes of at least 4 members (excludes halogenated alkanes) is 25. The first-order valence-electron chi connectivity index (χ1n) is 26.7. The molecule has 2 rings (SSSR count). The van der Waals surface area contributed by atoms with Crippen molar-refractivity contribution in [2.24, 2.45) is 0 Å². The number of hydrogen-bond donors (Lipinski definition) is 0. The highest BCUT2D eigenvalue weighted by molar-refractivity contribution is 6.21. The fourth-order valence-electron chi connectivity index (χ4n) is 8.18. The minimum Gasteiger partial charge on any atom is -0.502 e. The van der Waals surface area contributed by atoms with E-state index in [-0.39, 0.29) is 23.9 Å². The molecule has 1 aromatic carbocycles. The number of methoxy groups -OCH3 is 1. The van der Waals surface area contributed by atoms with Gasteiger partial charge < -0.3 is 14.4 Å². The molecule has 7 nitrogen and oxygen atoms in total. The zero-order valence-corrected chi connectivity index (χ0v) is 42.7. The smallest absolute Gasteiger partial charge is 0.306 e. The maximum Gasteiger partial charge on any atom is 0.306 e. The first-order valence-corrected chi connectivity index (χ1v) is 26.7. The number of amides is 2. The molecule has 0 saturated carbocycles. The number of benzene rings is 1. The number of ether oxygens (including phenoxy) is 2. The molecule has 0 atom stereocenters. The van der Waals surface area contributed by atoms with Crippen LogP contribution in [0.1, 0.15) is 274 Å². The lowest BCUT2D eigenvalue weighted by Crippen LogP contribution is -2.25. The minimum atomic E-state index is -0.212. The van der Waals surface area contributed by atoms with Crippen LogP contribution < -0.4 is 0 Å². The van der Waals surface area contributed by atoms with Crippen LogP contribution in [0.4, 0.5) is 0 Å². The van der Waals surface area contributed by atoms with E-state index in [1.54, 1.807) is 31.4 Å². The van der Waals surface area contributed by atoms with Gasteiger partial charge in [0, 0.05) is 19.9 Å². The molecule has 0 radical (unpaired) electrons. The van der Waals surface area contributed by atoms with Crippen molar-refractivity contribution in [1.82, 2.24) is 9.80 Å². The van der Waals surface area contributed by atoms with Gasteiger partial charge in [-0.25, -0.2) is 0 Å². The van der Waals surface area contributed by atoms with E-state index < -0.39 is 0 Å². The quantitative estimate of drug-likeness (QED) is 0.0283. The van der Waals surface area contributed by atoms with E-state index in [1.165, 1.54) is 200 Å². The van der Waals surface area contributed by atoms with Gasteiger partial charge in [0.1, 0.15) is 6.10 Å². The predicted molar refractivity (Wildman–Crippen MR) is 271 cm³/mol. The van der Waals surface area contributed by atoms with E-state index in [0.717, 1.165) is 49.3 Å². The molecule has 63 heavy (non-hydrogen) atoms. The van der Waals surface area contributed by atoms with E-state index in [9.17, 15) is 14.4 Å². The second kappa shape index (κ2) is 44.5. The summed E-state index contributed by atoms with van der Waals surface area (Å²) in [5, 5.41) is 0. The fourth-order valence-corrected chi connectivity index (χ4v) is 8.18. The number of fused-ring (bicyclic) bond motifs is 1. The molecule has 0 aliphatic carbocycles. The van der Waals surface area contributed by atoms with Crippen molar-refractivity contribution in [3.63, 3.8) is 0 Å². The van der Waals surface area contributed by atoms with Gasteiger partial charge in [-0.05, 0) is 83.1 Å². The number of carbonyl (C=O) groups is 3. The second-order valence-electron chi connectivity index (χ2n) is 18.3. The fraction of sp³-hybridized carbons (Fsp3) is 0.804. The summed E-state index contributed by atoms with van der Waals surface area (Å²) in [6.45, 7) is 18.9. The van der Waals surface area contributed by atoms with Crippen molar-refractivity contribution >= 4 is 17.8 Å². The normalized spacial score (nSPS) is 12.0. The monoisotopic (exact) mass is 883 g/mol. The van der Waals surface area contributed by atoms with Crippen LogP contribution in [-0.4, -0.2) is 67.5 Å². The summed E-state index contributed by atoms with van der Waals surface area (Å²) in [6.07, 6.45) is 43.2. The van der Waals surface area contributed by atoms with Gasteiger partial charge >= 0.3 is 5.97 Å². The Balaban J connectivity index is 0.00000146. The van der Waals surface area contributed by atoms with Gasteiger partial charge in [-0.2, -0.15) is 0 Å². The molecule has 1 aliphatic rings. The Morgan fingerprint density at radius 1 is 0.540 bits per heavy atom. The molecular formula is C56H102N2O5. The lowest BCUT2D eigenvalue weighted by atomic mass is 10.0. The van der Waals surface area contributed by atoms with Crippen LogP contribution in [0.15, 0.2) is 36.6 Å². The maximum atomic E-state index is 12.6. The van der Waals surface area contributed by atoms with Gasteiger partial charge in [0.25, 0.3) is 11.8 Å². The molecule has 366 valence electrons. The van der Waals surface area contributed by atoms with Gasteiger partial charge in [0.2, 0.25) is 0 Å². The number of carbonyl (C=O) groups excluding carboxylic acids is 3.